The molecule has 0 spiro atoms. The molecule has 0 unspecified atom stereocenters. The molecule has 2 rings (SSSR count). The SMILES string of the molecule is Fc1cc(Cl)c(-c2c(F)cccc2Cl)c(Cl)c1. The van der Waals surface area contributed by atoms with Crippen molar-refractivity contribution >= 4 is 34.8 Å². The zero-order valence-corrected chi connectivity index (χ0v) is 10.5. The van der Waals surface area contributed by atoms with Gasteiger partial charge in [0.15, 0.2) is 0 Å². The van der Waals surface area contributed by atoms with Gasteiger partial charge < -0.3 is 0 Å². The van der Waals surface area contributed by atoms with Gasteiger partial charge in [-0.15, -0.1) is 0 Å². The van der Waals surface area contributed by atoms with Crippen LogP contribution in [0, 0.1) is 11.6 Å². The Bertz CT molecular complexity index is 539. The molecule has 5 heteroatoms. The van der Waals surface area contributed by atoms with Crippen LogP contribution in [0.5, 0.6) is 0 Å². The first-order valence-electron chi connectivity index (χ1n) is 4.59. The minimum absolute atomic E-state index is 0.0157. The molecule has 2 aromatic carbocycles. The van der Waals surface area contributed by atoms with Crippen LogP contribution in [0.25, 0.3) is 11.1 Å². The third-order valence-electron chi connectivity index (χ3n) is 2.22. The molecule has 2 aromatic rings. The Morgan fingerprint density at radius 3 is 1.88 bits per heavy atom. The minimum atomic E-state index is -0.587. The normalized spacial score (nSPS) is 10.6. The molecular weight excluding hydrogens is 288 g/mol. The molecule has 0 aliphatic rings. The van der Waals surface area contributed by atoms with Crippen molar-refractivity contribution in [3.05, 3.63) is 57.0 Å². The zero-order chi connectivity index (χ0) is 12.6. The maximum Gasteiger partial charge on any atom is 0.132 e. The van der Waals surface area contributed by atoms with Gasteiger partial charge in [-0.3, -0.25) is 0 Å². The Balaban J connectivity index is 2.77. The second-order valence-corrected chi connectivity index (χ2v) is 4.56. The lowest BCUT2D eigenvalue weighted by Crippen LogP contribution is -1.89. The molecule has 0 atom stereocenters. The molecule has 0 aliphatic carbocycles. The lowest BCUT2D eigenvalue weighted by Gasteiger charge is -2.10. The number of halogens is 5. The maximum absolute atomic E-state index is 13.7. The molecule has 0 aliphatic heterocycles. The first-order valence-corrected chi connectivity index (χ1v) is 5.73. The van der Waals surface area contributed by atoms with Crippen LogP contribution in [-0.2, 0) is 0 Å². The molecule has 0 aromatic heterocycles. The van der Waals surface area contributed by atoms with Crippen LogP contribution < -0.4 is 0 Å². The summed E-state index contributed by atoms with van der Waals surface area (Å²) < 4.78 is 26.7. The summed E-state index contributed by atoms with van der Waals surface area (Å²) in [6.45, 7) is 0. The fourth-order valence-electron chi connectivity index (χ4n) is 1.52. The molecule has 0 saturated carbocycles. The van der Waals surface area contributed by atoms with Gasteiger partial charge in [0.1, 0.15) is 11.6 Å². The molecule has 0 bridgehead atoms. The van der Waals surface area contributed by atoms with Gasteiger partial charge in [-0.25, -0.2) is 8.78 Å². The van der Waals surface area contributed by atoms with Crippen molar-refractivity contribution in [1.82, 2.24) is 0 Å². The van der Waals surface area contributed by atoms with Crippen molar-refractivity contribution < 1.29 is 8.78 Å². The van der Waals surface area contributed by atoms with Crippen molar-refractivity contribution in [3.8, 4) is 11.1 Å². The summed E-state index contributed by atoms with van der Waals surface area (Å²) >= 11 is 17.6. The van der Waals surface area contributed by atoms with Gasteiger partial charge in [0.2, 0.25) is 0 Å². The van der Waals surface area contributed by atoms with Crippen molar-refractivity contribution in [2.45, 2.75) is 0 Å². The van der Waals surface area contributed by atoms with Crippen molar-refractivity contribution in [3.63, 3.8) is 0 Å². The Kier molecular flexibility index (Phi) is 3.57. The van der Waals surface area contributed by atoms with E-state index in [1.807, 2.05) is 0 Å². The highest BCUT2D eigenvalue weighted by Gasteiger charge is 2.17. The van der Waals surface area contributed by atoms with E-state index in [0.29, 0.717) is 0 Å². The van der Waals surface area contributed by atoms with Crippen LogP contribution in [0.1, 0.15) is 0 Å². The molecular formula is C12H5Cl3F2. The monoisotopic (exact) mass is 292 g/mol. The Hall–Kier alpha value is -0.830. The van der Waals surface area contributed by atoms with Crippen LogP contribution in [-0.4, -0.2) is 0 Å². The summed E-state index contributed by atoms with van der Waals surface area (Å²) in [5.41, 5.74) is 0.266. The second-order valence-electron chi connectivity index (χ2n) is 3.34. The van der Waals surface area contributed by atoms with Crippen molar-refractivity contribution in [2.75, 3.05) is 0 Å². The van der Waals surface area contributed by atoms with E-state index in [1.54, 1.807) is 0 Å². The first-order chi connectivity index (χ1) is 8.00. The van der Waals surface area contributed by atoms with Crippen LogP contribution >= 0.6 is 34.8 Å². The second kappa shape index (κ2) is 4.81. The lowest BCUT2D eigenvalue weighted by atomic mass is 10.0. The average Bonchev–Trinajstić information content (AvgIpc) is 2.21. The number of hydrogen-bond acceptors (Lipinski definition) is 0. The number of hydrogen-bond donors (Lipinski definition) is 0. The fourth-order valence-corrected chi connectivity index (χ4v) is 2.42. The topological polar surface area (TPSA) is 0 Å². The van der Waals surface area contributed by atoms with E-state index in [9.17, 15) is 8.78 Å². The highest BCUT2D eigenvalue weighted by Crippen LogP contribution is 2.40. The van der Waals surface area contributed by atoms with Crippen LogP contribution in [0.2, 0.25) is 15.1 Å². The number of benzene rings is 2. The summed E-state index contributed by atoms with van der Waals surface area (Å²) in [5, 5.41) is 0.199. The van der Waals surface area contributed by atoms with E-state index in [0.717, 1.165) is 12.1 Å². The van der Waals surface area contributed by atoms with Crippen LogP contribution in [0.3, 0.4) is 0 Å². The summed E-state index contributed by atoms with van der Waals surface area (Å²) in [4.78, 5) is 0. The van der Waals surface area contributed by atoms with Crippen molar-refractivity contribution in [1.29, 1.82) is 0 Å². The highest BCUT2D eigenvalue weighted by atomic mass is 35.5. The predicted octanol–water partition coefficient (Wildman–Crippen LogP) is 5.59. The lowest BCUT2D eigenvalue weighted by molar-refractivity contribution is 0.626. The van der Waals surface area contributed by atoms with Crippen molar-refractivity contribution in [2.24, 2.45) is 0 Å². The zero-order valence-electron chi connectivity index (χ0n) is 8.28. The van der Waals surface area contributed by atoms with Gasteiger partial charge in [-0.05, 0) is 24.3 Å². The fraction of sp³-hybridized carbons (Fsp3) is 0. The molecule has 0 radical (unpaired) electrons. The molecule has 0 fully saturated rings. The van der Waals surface area contributed by atoms with E-state index >= 15 is 0 Å². The molecule has 0 saturated heterocycles. The average molecular weight is 294 g/mol. The van der Waals surface area contributed by atoms with Crippen LogP contribution in [0.15, 0.2) is 30.3 Å². The minimum Gasteiger partial charge on any atom is -0.207 e. The standard InChI is InChI=1S/C12H5Cl3F2/c13-7-2-1-3-10(17)12(7)11-8(14)4-6(16)5-9(11)15/h1-5H. The summed E-state index contributed by atoms with van der Waals surface area (Å²) in [7, 11) is 0. The first kappa shape index (κ1) is 12.6. The summed E-state index contributed by atoms with van der Waals surface area (Å²) in [5.74, 6) is -1.15. The molecule has 0 nitrogen and oxygen atoms in total. The third-order valence-corrected chi connectivity index (χ3v) is 3.13. The predicted molar refractivity (Wildman–Crippen MR) is 66.8 cm³/mol. The van der Waals surface area contributed by atoms with Gasteiger partial charge >= 0.3 is 0 Å². The molecule has 0 heterocycles. The van der Waals surface area contributed by atoms with Gasteiger partial charge in [0, 0.05) is 11.1 Å². The molecule has 17 heavy (non-hydrogen) atoms. The molecule has 0 amide bonds. The quantitative estimate of drug-likeness (QED) is 0.642. The highest BCUT2D eigenvalue weighted by molar-refractivity contribution is 6.41. The Labute approximate surface area is 112 Å². The Morgan fingerprint density at radius 2 is 1.35 bits per heavy atom. The summed E-state index contributed by atoms with van der Waals surface area (Å²) in [6.07, 6.45) is 0. The van der Waals surface area contributed by atoms with E-state index in [2.05, 4.69) is 0 Å². The third kappa shape index (κ3) is 2.39. The van der Waals surface area contributed by atoms with E-state index < -0.39 is 11.6 Å². The maximum atomic E-state index is 13.7. The largest absolute Gasteiger partial charge is 0.207 e. The van der Waals surface area contributed by atoms with Crippen LogP contribution in [0.4, 0.5) is 8.78 Å². The molecule has 88 valence electrons. The summed E-state index contributed by atoms with van der Waals surface area (Å²) in [6, 6.07) is 6.33. The van der Waals surface area contributed by atoms with Gasteiger partial charge in [0.25, 0.3) is 0 Å². The van der Waals surface area contributed by atoms with E-state index in [-0.39, 0.29) is 26.2 Å². The number of rotatable bonds is 1. The molecule has 0 N–H and O–H groups in total. The Morgan fingerprint density at radius 1 is 0.765 bits per heavy atom. The van der Waals surface area contributed by atoms with Gasteiger partial charge in [0.05, 0.1) is 15.1 Å². The van der Waals surface area contributed by atoms with Gasteiger partial charge in [-0.1, -0.05) is 40.9 Å². The smallest absolute Gasteiger partial charge is 0.132 e. The van der Waals surface area contributed by atoms with E-state index in [1.165, 1.54) is 18.2 Å². The van der Waals surface area contributed by atoms with E-state index in [4.69, 9.17) is 34.8 Å². The van der Waals surface area contributed by atoms with Gasteiger partial charge in [-0.2, -0.15) is 0 Å².